The lowest BCUT2D eigenvalue weighted by atomic mass is 9.96. The minimum absolute atomic E-state index is 0.529. The lowest BCUT2D eigenvalue weighted by molar-refractivity contribution is 0.181. The predicted molar refractivity (Wildman–Crippen MR) is 79.6 cm³/mol. The summed E-state index contributed by atoms with van der Waals surface area (Å²) >= 11 is 0. The molecule has 4 nitrogen and oxygen atoms in total. The highest BCUT2D eigenvalue weighted by Crippen LogP contribution is 2.31. The van der Waals surface area contributed by atoms with Crippen molar-refractivity contribution in [2.24, 2.45) is 0 Å². The summed E-state index contributed by atoms with van der Waals surface area (Å²) in [5.74, 6) is 1.80. The van der Waals surface area contributed by atoms with Gasteiger partial charge in [-0.15, -0.1) is 0 Å². The van der Waals surface area contributed by atoms with E-state index in [9.17, 15) is 0 Å². The van der Waals surface area contributed by atoms with Gasteiger partial charge < -0.3 is 19.5 Å². The Bertz CT molecular complexity index is 428. The predicted octanol–water partition coefficient (Wildman–Crippen LogP) is 2.53. The summed E-state index contributed by atoms with van der Waals surface area (Å²) in [7, 11) is 5.10. The van der Waals surface area contributed by atoms with Crippen LogP contribution >= 0.6 is 0 Å². The van der Waals surface area contributed by atoms with Crippen molar-refractivity contribution in [2.45, 2.75) is 38.3 Å². The zero-order chi connectivity index (χ0) is 14.4. The van der Waals surface area contributed by atoms with E-state index in [0.29, 0.717) is 12.6 Å². The molecule has 0 bridgehead atoms. The Morgan fingerprint density at radius 1 is 1.05 bits per heavy atom. The summed E-state index contributed by atoms with van der Waals surface area (Å²) in [6, 6.07) is 4.65. The molecular weight excluding hydrogens is 254 g/mol. The first kappa shape index (κ1) is 15.1. The highest BCUT2D eigenvalue weighted by atomic mass is 16.5. The van der Waals surface area contributed by atoms with E-state index >= 15 is 0 Å². The van der Waals surface area contributed by atoms with Crippen molar-refractivity contribution in [1.29, 1.82) is 0 Å². The molecule has 0 aromatic heterocycles. The molecule has 1 fully saturated rings. The fourth-order valence-electron chi connectivity index (χ4n) is 2.82. The van der Waals surface area contributed by atoms with Crippen molar-refractivity contribution < 1.29 is 14.2 Å². The summed E-state index contributed by atoms with van der Waals surface area (Å²) < 4.78 is 16.2. The molecule has 2 rings (SSSR count). The van der Waals surface area contributed by atoms with Gasteiger partial charge in [0.2, 0.25) is 0 Å². The number of piperidine rings is 1. The first-order valence-corrected chi connectivity index (χ1v) is 7.24. The molecule has 112 valence electrons. The normalized spacial score (nSPS) is 18.9. The molecule has 1 aliphatic heterocycles. The van der Waals surface area contributed by atoms with E-state index in [4.69, 9.17) is 14.2 Å². The molecule has 1 unspecified atom stereocenters. The summed E-state index contributed by atoms with van der Waals surface area (Å²) in [4.78, 5) is 0. The number of methoxy groups -OCH3 is 3. The molecule has 1 saturated heterocycles. The first-order valence-electron chi connectivity index (χ1n) is 7.24. The number of hydrogen-bond donors (Lipinski definition) is 1. The Morgan fingerprint density at radius 2 is 1.75 bits per heavy atom. The lowest BCUT2D eigenvalue weighted by Crippen LogP contribution is -2.35. The highest BCUT2D eigenvalue weighted by molar-refractivity contribution is 5.46. The molecule has 0 radical (unpaired) electrons. The van der Waals surface area contributed by atoms with E-state index < -0.39 is 0 Å². The van der Waals surface area contributed by atoms with Gasteiger partial charge in [-0.25, -0.2) is 0 Å². The number of benzene rings is 1. The molecule has 1 aromatic carbocycles. The van der Waals surface area contributed by atoms with Crippen molar-refractivity contribution in [3.05, 3.63) is 23.3 Å². The summed E-state index contributed by atoms with van der Waals surface area (Å²) in [5, 5.41) is 3.58. The van der Waals surface area contributed by atoms with Gasteiger partial charge in [-0.05, 0) is 43.5 Å². The highest BCUT2D eigenvalue weighted by Gasteiger charge is 2.17. The van der Waals surface area contributed by atoms with E-state index in [1.165, 1.54) is 24.8 Å². The summed E-state index contributed by atoms with van der Waals surface area (Å²) in [5.41, 5.74) is 2.22. The average molecular weight is 279 g/mol. The van der Waals surface area contributed by atoms with Crippen LogP contribution in [0.15, 0.2) is 12.1 Å². The van der Waals surface area contributed by atoms with E-state index in [0.717, 1.165) is 30.0 Å². The van der Waals surface area contributed by atoms with E-state index in [1.807, 2.05) is 6.07 Å². The molecule has 1 aliphatic rings. The fraction of sp³-hybridized carbons (Fsp3) is 0.625. The Balaban J connectivity index is 2.21. The second kappa shape index (κ2) is 7.50. The number of ether oxygens (including phenoxy) is 3. The quantitative estimate of drug-likeness (QED) is 0.868. The standard InChI is InChI=1S/C16H25NO3/c1-18-11-13-10-15(19-2)12(9-16(13)20-3)8-14-6-4-5-7-17-14/h9-10,14,17H,4-8,11H2,1-3H3. The third-order valence-electron chi connectivity index (χ3n) is 3.86. The molecular formula is C16H25NO3. The molecule has 0 amide bonds. The van der Waals surface area contributed by atoms with Crippen molar-refractivity contribution in [3.8, 4) is 11.5 Å². The molecule has 0 aliphatic carbocycles. The van der Waals surface area contributed by atoms with Gasteiger partial charge in [0.15, 0.2) is 0 Å². The minimum Gasteiger partial charge on any atom is -0.496 e. The lowest BCUT2D eigenvalue weighted by Gasteiger charge is -2.24. The van der Waals surface area contributed by atoms with Crippen molar-refractivity contribution in [3.63, 3.8) is 0 Å². The average Bonchev–Trinajstić information content (AvgIpc) is 2.49. The molecule has 20 heavy (non-hydrogen) atoms. The fourth-order valence-corrected chi connectivity index (χ4v) is 2.82. The van der Waals surface area contributed by atoms with E-state index in [-0.39, 0.29) is 0 Å². The maximum atomic E-state index is 5.53. The van der Waals surface area contributed by atoms with Crippen molar-refractivity contribution >= 4 is 0 Å². The third-order valence-corrected chi connectivity index (χ3v) is 3.86. The Hall–Kier alpha value is -1.26. The summed E-state index contributed by atoms with van der Waals surface area (Å²) in [6.07, 6.45) is 4.79. The molecule has 4 heteroatoms. The van der Waals surface area contributed by atoms with Crippen molar-refractivity contribution in [2.75, 3.05) is 27.9 Å². The zero-order valence-corrected chi connectivity index (χ0v) is 12.7. The van der Waals surface area contributed by atoms with Crippen LogP contribution < -0.4 is 14.8 Å². The van der Waals surface area contributed by atoms with Crippen LogP contribution in [-0.2, 0) is 17.8 Å². The van der Waals surface area contributed by atoms with Gasteiger partial charge in [0.25, 0.3) is 0 Å². The topological polar surface area (TPSA) is 39.7 Å². The zero-order valence-electron chi connectivity index (χ0n) is 12.7. The molecule has 1 aromatic rings. The van der Waals surface area contributed by atoms with Gasteiger partial charge in [0.1, 0.15) is 11.5 Å². The molecule has 1 heterocycles. The van der Waals surface area contributed by atoms with Gasteiger partial charge in [0, 0.05) is 18.7 Å². The van der Waals surface area contributed by atoms with Gasteiger partial charge in [-0.2, -0.15) is 0 Å². The Kier molecular flexibility index (Phi) is 5.68. The van der Waals surface area contributed by atoms with Crippen LogP contribution in [0.25, 0.3) is 0 Å². The summed E-state index contributed by atoms with van der Waals surface area (Å²) in [6.45, 7) is 1.65. The second-order valence-corrected chi connectivity index (χ2v) is 5.26. The van der Waals surface area contributed by atoms with Crippen LogP contribution in [0, 0.1) is 0 Å². The number of hydrogen-bond acceptors (Lipinski definition) is 4. The van der Waals surface area contributed by atoms with Crippen LogP contribution in [0.1, 0.15) is 30.4 Å². The van der Waals surface area contributed by atoms with Gasteiger partial charge in [-0.3, -0.25) is 0 Å². The van der Waals surface area contributed by atoms with Crippen molar-refractivity contribution in [1.82, 2.24) is 5.32 Å². The van der Waals surface area contributed by atoms with Gasteiger partial charge in [0.05, 0.1) is 20.8 Å². The molecule has 1 N–H and O–H groups in total. The maximum Gasteiger partial charge on any atom is 0.124 e. The second-order valence-electron chi connectivity index (χ2n) is 5.26. The molecule has 0 spiro atoms. The maximum absolute atomic E-state index is 5.53. The van der Waals surface area contributed by atoms with Crippen LogP contribution in [0.2, 0.25) is 0 Å². The first-order chi connectivity index (χ1) is 9.78. The Morgan fingerprint density at radius 3 is 2.35 bits per heavy atom. The third kappa shape index (κ3) is 3.64. The van der Waals surface area contributed by atoms with Crippen LogP contribution in [-0.4, -0.2) is 33.9 Å². The smallest absolute Gasteiger partial charge is 0.124 e. The Labute approximate surface area is 121 Å². The van der Waals surface area contributed by atoms with Crippen LogP contribution in [0.3, 0.4) is 0 Å². The molecule has 0 saturated carbocycles. The van der Waals surface area contributed by atoms with E-state index in [2.05, 4.69) is 11.4 Å². The molecule has 1 atom stereocenters. The number of rotatable bonds is 6. The van der Waals surface area contributed by atoms with Gasteiger partial charge >= 0.3 is 0 Å². The van der Waals surface area contributed by atoms with Crippen LogP contribution in [0.5, 0.6) is 11.5 Å². The minimum atomic E-state index is 0.529. The van der Waals surface area contributed by atoms with E-state index in [1.54, 1.807) is 21.3 Å². The number of nitrogens with one attached hydrogen (secondary N) is 1. The van der Waals surface area contributed by atoms with Gasteiger partial charge in [-0.1, -0.05) is 6.42 Å². The SMILES string of the molecule is COCc1cc(OC)c(CC2CCCCN2)cc1OC. The van der Waals surface area contributed by atoms with Crippen LogP contribution in [0.4, 0.5) is 0 Å². The monoisotopic (exact) mass is 279 g/mol. The largest absolute Gasteiger partial charge is 0.496 e.